The van der Waals surface area contributed by atoms with Crippen LogP contribution in [0.3, 0.4) is 0 Å². The Morgan fingerprint density at radius 1 is 1.12 bits per heavy atom. The summed E-state index contributed by atoms with van der Waals surface area (Å²) in [4.78, 5) is 34.5. The summed E-state index contributed by atoms with van der Waals surface area (Å²) in [6.07, 6.45) is 4.41. The number of ether oxygens (including phenoxy) is 2. The molecule has 0 aromatic carbocycles. The predicted molar refractivity (Wildman–Crippen MR) is 87.3 cm³/mol. The molecule has 0 spiro atoms. The first kappa shape index (κ1) is 20.3. The van der Waals surface area contributed by atoms with Gasteiger partial charge in [0.15, 0.2) is 0 Å². The first-order valence-corrected chi connectivity index (χ1v) is 8.76. The summed E-state index contributed by atoms with van der Waals surface area (Å²) in [6, 6.07) is 0. The number of carbonyl (C=O) groups is 3. The van der Waals surface area contributed by atoms with E-state index >= 15 is 0 Å². The maximum atomic E-state index is 12.0. The average molecular weight is 343 g/mol. The van der Waals surface area contributed by atoms with E-state index in [1.165, 1.54) is 0 Å². The monoisotopic (exact) mass is 343 g/mol. The molecule has 0 bridgehead atoms. The Hall–Kier alpha value is -1.79. The Kier molecular flexibility index (Phi) is 8.57. The number of esters is 1. The second-order valence-corrected chi connectivity index (χ2v) is 6.45. The molecule has 0 radical (unpaired) electrons. The fraction of sp³-hybridized carbons (Fsp3) is 0.824. The zero-order valence-electron chi connectivity index (χ0n) is 14.6. The van der Waals surface area contributed by atoms with Crippen LogP contribution in [0.1, 0.15) is 71.6 Å². The van der Waals surface area contributed by atoms with Gasteiger partial charge in [-0.3, -0.25) is 9.59 Å². The molecule has 0 aromatic rings. The minimum atomic E-state index is -0.899. The highest BCUT2D eigenvalue weighted by molar-refractivity contribution is 5.70. The van der Waals surface area contributed by atoms with Crippen LogP contribution in [0.5, 0.6) is 0 Å². The van der Waals surface area contributed by atoms with E-state index in [0.717, 1.165) is 32.1 Å². The van der Waals surface area contributed by atoms with Crippen molar-refractivity contribution in [3.63, 3.8) is 0 Å². The van der Waals surface area contributed by atoms with E-state index in [-0.39, 0.29) is 19.4 Å². The molecule has 0 heterocycles. The van der Waals surface area contributed by atoms with Crippen LogP contribution in [0.2, 0.25) is 0 Å². The van der Waals surface area contributed by atoms with Gasteiger partial charge in [0.1, 0.15) is 0 Å². The van der Waals surface area contributed by atoms with Crippen LogP contribution in [0, 0.1) is 5.41 Å². The molecule has 1 fully saturated rings. The molecule has 7 nitrogen and oxygen atoms in total. The van der Waals surface area contributed by atoms with Gasteiger partial charge in [0, 0.05) is 19.4 Å². The van der Waals surface area contributed by atoms with Gasteiger partial charge in [-0.05, 0) is 24.7 Å². The van der Waals surface area contributed by atoms with Gasteiger partial charge < -0.3 is 19.9 Å². The van der Waals surface area contributed by atoms with Gasteiger partial charge >= 0.3 is 18.0 Å². The third-order valence-electron chi connectivity index (χ3n) is 4.36. The molecular weight excluding hydrogens is 314 g/mol. The molecule has 1 atom stereocenters. The van der Waals surface area contributed by atoms with E-state index in [9.17, 15) is 14.4 Å². The average Bonchev–Trinajstić information content (AvgIpc) is 2.53. The van der Waals surface area contributed by atoms with Crippen LogP contribution < -0.4 is 5.32 Å². The second kappa shape index (κ2) is 10.2. The number of hydrogen-bond acceptors (Lipinski definition) is 5. The molecule has 1 aliphatic rings. The van der Waals surface area contributed by atoms with E-state index < -0.39 is 29.7 Å². The van der Waals surface area contributed by atoms with Crippen molar-refractivity contribution in [3.05, 3.63) is 0 Å². The van der Waals surface area contributed by atoms with Crippen molar-refractivity contribution in [1.82, 2.24) is 5.32 Å². The quantitative estimate of drug-likeness (QED) is 0.492. The smallest absolute Gasteiger partial charge is 0.410 e. The molecule has 24 heavy (non-hydrogen) atoms. The number of alkyl carbamates (subject to hydrolysis) is 1. The van der Waals surface area contributed by atoms with Gasteiger partial charge in [0.2, 0.25) is 6.29 Å². The van der Waals surface area contributed by atoms with Gasteiger partial charge in [-0.2, -0.15) is 0 Å². The lowest BCUT2D eigenvalue weighted by Crippen LogP contribution is -2.42. The van der Waals surface area contributed by atoms with Crippen LogP contribution in [0.15, 0.2) is 0 Å². The Labute approximate surface area is 143 Å². The summed E-state index contributed by atoms with van der Waals surface area (Å²) in [5, 5.41) is 11.8. The summed E-state index contributed by atoms with van der Waals surface area (Å²) >= 11 is 0. The molecule has 0 aliphatic heterocycles. The highest BCUT2D eigenvalue weighted by atomic mass is 16.7. The number of amides is 1. The number of hydrogen-bond donors (Lipinski definition) is 2. The van der Waals surface area contributed by atoms with Crippen LogP contribution in [0.25, 0.3) is 0 Å². The summed E-state index contributed by atoms with van der Waals surface area (Å²) in [5.74, 6) is -1.27. The highest BCUT2D eigenvalue weighted by Gasteiger charge is 2.35. The molecule has 0 saturated heterocycles. The fourth-order valence-electron chi connectivity index (χ4n) is 3.07. The molecular formula is C17H29NO6. The Morgan fingerprint density at radius 3 is 2.33 bits per heavy atom. The zero-order valence-corrected chi connectivity index (χ0v) is 14.6. The topological polar surface area (TPSA) is 102 Å². The van der Waals surface area contributed by atoms with Gasteiger partial charge in [-0.1, -0.05) is 33.1 Å². The third-order valence-corrected chi connectivity index (χ3v) is 4.36. The van der Waals surface area contributed by atoms with E-state index in [2.05, 4.69) is 5.32 Å². The minimum absolute atomic E-state index is 0.0382. The van der Waals surface area contributed by atoms with Gasteiger partial charge in [0.05, 0.1) is 6.42 Å². The van der Waals surface area contributed by atoms with Gasteiger partial charge in [-0.15, -0.1) is 0 Å². The molecule has 1 amide bonds. The summed E-state index contributed by atoms with van der Waals surface area (Å²) < 4.78 is 10.2. The van der Waals surface area contributed by atoms with Crippen molar-refractivity contribution >= 4 is 18.0 Å². The van der Waals surface area contributed by atoms with E-state index in [4.69, 9.17) is 14.6 Å². The third kappa shape index (κ3) is 7.19. The largest absolute Gasteiger partial charge is 0.481 e. The molecule has 1 rings (SSSR count). The molecule has 7 heteroatoms. The Balaban J connectivity index is 2.54. The van der Waals surface area contributed by atoms with E-state index in [1.54, 1.807) is 6.92 Å². The van der Waals surface area contributed by atoms with Crippen molar-refractivity contribution in [1.29, 1.82) is 0 Å². The van der Waals surface area contributed by atoms with E-state index in [0.29, 0.717) is 12.8 Å². The number of carboxylic acids is 1. The first-order chi connectivity index (χ1) is 11.4. The highest BCUT2D eigenvalue weighted by Crippen LogP contribution is 2.38. The van der Waals surface area contributed by atoms with Crippen LogP contribution in [-0.4, -0.2) is 36.0 Å². The lowest BCUT2D eigenvalue weighted by atomic mass is 9.72. The van der Waals surface area contributed by atoms with E-state index in [1.807, 2.05) is 6.92 Å². The summed E-state index contributed by atoms with van der Waals surface area (Å²) in [5.41, 5.74) is -0.413. The van der Waals surface area contributed by atoms with Crippen molar-refractivity contribution in [2.24, 2.45) is 5.41 Å². The number of carboxylic acid groups (broad SMARTS) is 1. The molecule has 138 valence electrons. The van der Waals surface area contributed by atoms with Crippen molar-refractivity contribution < 1.29 is 29.0 Å². The maximum absolute atomic E-state index is 12.0. The fourth-order valence-corrected chi connectivity index (χ4v) is 3.07. The molecule has 2 N–H and O–H groups in total. The molecule has 1 unspecified atom stereocenters. The predicted octanol–water partition coefficient (Wildman–Crippen LogP) is 3.22. The van der Waals surface area contributed by atoms with Crippen molar-refractivity contribution in [2.75, 3.05) is 6.54 Å². The van der Waals surface area contributed by atoms with Crippen LogP contribution in [-0.2, 0) is 19.1 Å². The van der Waals surface area contributed by atoms with Crippen LogP contribution >= 0.6 is 0 Å². The summed E-state index contributed by atoms with van der Waals surface area (Å²) in [7, 11) is 0. The second-order valence-electron chi connectivity index (χ2n) is 6.45. The normalized spacial score (nSPS) is 17.6. The van der Waals surface area contributed by atoms with Crippen LogP contribution in [0.4, 0.5) is 4.79 Å². The number of aliphatic carboxylic acids is 1. The maximum Gasteiger partial charge on any atom is 0.410 e. The minimum Gasteiger partial charge on any atom is -0.481 e. The zero-order chi connectivity index (χ0) is 18.0. The SMILES string of the molecule is CCCC(OC(=O)CC)OC(=O)NCC1(CC(=O)O)CCCCC1. The number of rotatable bonds is 9. The van der Waals surface area contributed by atoms with Crippen molar-refractivity contribution in [2.45, 2.75) is 77.9 Å². The first-order valence-electron chi connectivity index (χ1n) is 8.76. The summed E-state index contributed by atoms with van der Waals surface area (Å²) in [6.45, 7) is 3.83. The molecule has 0 aromatic heterocycles. The lowest BCUT2D eigenvalue weighted by molar-refractivity contribution is -0.168. The number of carbonyl (C=O) groups excluding carboxylic acids is 2. The van der Waals surface area contributed by atoms with Gasteiger partial charge in [-0.25, -0.2) is 4.79 Å². The lowest BCUT2D eigenvalue weighted by Gasteiger charge is -2.36. The number of nitrogens with one attached hydrogen (secondary N) is 1. The van der Waals surface area contributed by atoms with Crippen molar-refractivity contribution in [3.8, 4) is 0 Å². The Bertz CT molecular complexity index is 431. The molecule has 1 aliphatic carbocycles. The molecule has 1 saturated carbocycles. The Morgan fingerprint density at radius 2 is 1.79 bits per heavy atom. The van der Waals surface area contributed by atoms with Gasteiger partial charge in [0.25, 0.3) is 0 Å². The standard InChI is InChI=1S/C17H29NO6/c1-3-8-15(23-14(21)4-2)24-16(22)18-12-17(11-13(19)20)9-6-5-7-10-17/h15H,3-12H2,1-2H3,(H,18,22)(H,19,20).